The third-order valence-electron chi connectivity index (χ3n) is 5.39. The monoisotopic (exact) mass is 320 g/mol. The minimum atomic E-state index is -1.61. The van der Waals surface area contributed by atoms with Gasteiger partial charge in [0.1, 0.15) is 5.75 Å². The number of benzene rings is 1. The number of aromatic hydroxyl groups is 1. The van der Waals surface area contributed by atoms with Crippen molar-refractivity contribution in [1.29, 1.82) is 0 Å². The molecule has 0 saturated carbocycles. The number of hydrogen-bond acceptors (Lipinski definition) is 1. The highest BCUT2D eigenvalue weighted by Gasteiger charge is 2.35. The van der Waals surface area contributed by atoms with Gasteiger partial charge in [0, 0.05) is 0 Å². The summed E-state index contributed by atoms with van der Waals surface area (Å²) >= 11 is 0. The molecule has 2 heteroatoms. The first-order chi connectivity index (χ1) is 9.93. The van der Waals surface area contributed by atoms with Crippen molar-refractivity contribution in [3.8, 4) is 5.75 Å². The first kappa shape index (κ1) is 19.3. The first-order valence-electron chi connectivity index (χ1n) is 8.81. The molecule has 0 aliphatic heterocycles. The van der Waals surface area contributed by atoms with Gasteiger partial charge < -0.3 is 5.11 Å². The van der Waals surface area contributed by atoms with Crippen LogP contribution in [0.25, 0.3) is 0 Å². The van der Waals surface area contributed by atoms with Gasteiger partial charge in [-0.25, -0.2) is 0 Å². The SMILES string of the molecule is CC[Si](CC)(CC)c1cc(C(C)(C)C)cc(C(C)(C)C)c1O. The molecule has 0 bridgehead atoms. The summed E-state index contributed by atoms with van der Waals surface area (Å²) < 4.78 is 0. The van der Waals surface area contributed by atoms with Crippen molar-refractivity contribution in [2.24, 2.45) is 0 Å². The molecule has 1 aromatic carbocycles. The highest BCUT2D eigenvalue weighted by atomic mass is 28.3. The molecule has 0 aromatic heterocycles. The third-order valence-corrected chi connectivity index (χ3v) is 11.0. The molecule has 0 spiro atoms. The predicted molar refractivity (Wildman–Crippen MR) is 102 cm³/mol. The topological polar surface area (TPSA) is 20.2 Å². The van der Waals surface area contributed by atoms with Crippen LogP contribution in [0.3, 0.4) is 0 Å². The van der Waals surface area contributed by atoms with Gasteiger partial charge >= 0.3 is 0 Å². The van der Waals surface area contributed by atoms with Crippen LogP contribution in [0.5, 0.6) is 5.75 Å². The zero-order valence-corrected chi connectivity index (χ0v) is 17.2. The van der Waals surface area contributed by atoms with Gasteiger partial charge in [-0.3, -0.25) is 0 Å². The van der Waals surface area contributed by atoms with Crippen molar-refractivity contribution in [3.05, 3.63) is 23.3 Å². The molecular weight excluding hydrogens is 284 g/mol. The van der Waals surface area contributed by atoms with Crippen LogP contribution in [0.2, 0.25) is 18.1 Å². The van der Waals surface area contributed by atoms with E-state index in [1.54, 1.807) is 0 Å². The number of rotatable bonds is 4. The summed E-state index contributed by atoms with van der Waals surface area (Å²) in [7, 11) is -1.61. The second-order valence-corrected chi connectivity index (χ2v) is 14.0. The Bertz CT molecular complexity index is 505. The summed E-state index contributed by atoms with van der Waals surface area (Å²) in [5.41, 5.74) is 2.55. The average molecular weight is 321 g/mol. The van der Waals surface area contributed by atoms with E-state index in [1.165, 1.54) is 28.9 Å². The Hall–Kier alpha value is -0.763. The van der Waals surface area contributed by atoms with Crippen LogP contribution >= 0.6 is 0 Å². The molecule has 0 amide bonds. The van der Waals surface area contributed by atoms with E-state index < -0.39 is 8.07 Å². The van der Waals surface area contributed by atoms with Crippen molar-refractivity contribution in [3.63, 3.8) is 0 Å². The molecule has 1 N–H and O–H groups in total. The highest BCUT2D eigenvalue weighted by molar-refractivity contribution is 6.92. The molecular formula is C20H36OSi. The minimum Gasteiger partial charge on any atom is -0.508 e. The average Bonchev–Trinajstić information content (AvgIpc) is 2.40. The molecule has 0 radical (unpaired) electrons. The molecule has 126 valence electrons. The van der Waals surface area contributed by atoms with Crippen LogP contribution in [-0.4, -0.2) is 13.2 Å². The maximum absolute atomic E-state index is 11.1. The van der Waals surface area contributed by atoms with E-state index in [2.05, 4.69) is 74.4 Å². The minimum absolute atomic E-state index is 0.0323. The van der Waals surface area contributed by atoms with E-state index in [9.17, 15) is 5.11 Å². The highest BCUT2D eigenvalue weighted by Crippen LogP contribution is 2.36. The van der Waals surface area contributed by atoms with Gasteiger partial charge in [-0.15, -0.1) is 0 Å². The van der Waals surface area contributed by atoms with Crippen LogP contribution in [0.4, 0.5) is 0 Å². The van der Waals surface area contributed by atoms with Crippen LogP contribution in [0.1, 0.15) is 73.4 Å². The Balaban J connectivity index is 3.78. The second kappa shape index (κ2) is 6.39. The Morgan fingerprint density at radius 2 is 1.27 bits per heavy atom. The number of phenols is 1. The molecule has 0 saturated heterocycles. The van der Waals surface area contributed by atoms with Gasteiger partial charge in [0.2, 0.25) is 0 Å². The van der Waals surface area contributed by atoms with Gasteiger partial charge in [-0.1, -0.05) is 92.6 Å². The Morgan fingerprint density at radius 3 is 1.59 bits per heavy atom. The number of phenolic OH excluding ortho intramolecular Hbond substituents is 1. The summed E-state index contributed by atoms with van der Waals surface area (Å²) in [5, 5.41) is 12.4. The first-order valence-corrected chi connectivity index (χ1v) is 11.4. The van der Waals surface area contributed by atoms with E-state index >= 15 is 0 Å². The summed E-state index contributed by atoms with van der Waals surface area (Å²) in [5.74, 6) is 0.581. The summed E-state index contributed by atoms with van der Waals surface area (Å²) in [4.78, 5) is 0. The summed E-state index contributed by atoms with van der Waals surface area (Å²) in [6.45, 7) is 20.3. The third kappa shape index (κ3) is 3.59. The van der Waals surface area contributed by atoms with E-state index in [-0.39, 0.29) is 10.8 Å². The predicted octanol–water partition coefficient (Wildman–Crippen LogP) is 5.70. The summed E-state index contributed by atoms with van der Waals surface area (Å²) in [6.07, 6.45) is 0. The van der Waals surface area contributed by atoms with Gasteiger partial charge in [-0.2, -0.15) is 0 Å². The Kier molecular flexibility index (Phi) is 5.60. The quantitative estimate of drug-likeness (QED) is 0.705. The Labute approximate surface area is 139 Å². The second-order valence-electron chi connectivity index (χ2n) is 8.76. The molecule has 1 rings (SSSR count). The molecule has 0 fully saturated rings. The fraction of sp³-hybridized carbons (Fsp3) is 0.700. The van der Waals surface area contributed by atoms with Crippen molar-refractivity contribution in [2.45, 2.75) is 91.3 Å². The van der Waals surface area contributed by atoms with Crippen molar-refractivity contribution in [1.82, 2.24) is 0 Å². The van der Waals surface area contributed by atoms with Gasteiger partial charge in [0.15, 0.2) is 0 Å². The van der Waals surface area contributed by atoms with Crippen molar-refractivity contribution >= 4 is 13.3 Å². The van der Waals surface area contributed by atoms with Crippen LogP contribution in [0, 0.1) is 0 Å². The zero-order valence-electron chi connectivity index (χ0n) is 16.2. The molecule has 0 unspecified atom stereocenters. The van der Waals surface area contributed by atoms with Crippen LogP contribution in [0.15, 0.2) is 12.1 Å². The lowest BCUT2D eigenvalue weighted by atomic mass is 9.80. The van der Waals surface area contributed by atoms with Crippen molar-refractivity contribution < 1.29 is 5.11 Å². The lowest BCUT2D eigenvalue weighted by Crippen LogP contribution is -2.47. The largest absolute Gasteiger partial charge is 0.508 e. The van der Waals surface area contributed by atoms with E-state index in [4.69, 9.17) is 0 Å². The maximum Gasteiger partial charge on any atom is 0.118 e. The fourth-order valence-corrected chi connectivity index (χ4v) is 7.11. The fourth-order valence-electron chi connectivity index (χ4n) is 3.36. The lowest BCUT2D eigenvalue weighted by Gasteiger charge is -2.34. The van der Waals surface area contributed by atoms with E-state index in [0.717, 1.165) is 5.56 Å². The van der Waals surface area contributed by atoms with Gasteiger partial charge in [0.05, 0.1) is 8.07 Å². The zero-order chi connectivity index (χ0) is 17.3. The van der Waals surface area contributed by atoms with Gasteiger partial charge in [0.25, 0.3) is 0 Å². The standard InChI is InChI=1S/C20H36OSi/c1-10-22(11-2,12-3)17-14-15(19(4,5)6)13-16(18(17)21)20(7,8)9/h13-14,21H,10-12H2,1-9H3. The molecule has 0 aliphatic carbocycles. The van der Waals surface area contributed by atoms with Crippen LogP contribution < -0.4 is 5.19 Å². The molecule has 0 heterocycles. The number of hydrogen-bond donors (Lipinski definition) is 1. The van der Waals surface area contributed by atoms with Gasteiger partial charge in [-0.05, 0) is 27.1 Å². The molecule has 0 aliphatic rings. The van der Waals surface area contributed by atoms with E-state index in [0.29, 0.717) is 5.75 Å². The van der Waals surface area contributed by atoms with E-state index in [1.807, 2.05) is 0 Å². The normalized spacial score (nSPS) is 13.5. The molecule has 0 atom stereocenters. The summed E-state index contributed by atoms with van der Waals surface area (Å²) in [6, 6.07) is 8.16. The smallest absolute Gasteiger partial charge is 0.118 e. The van der Waals surface area contributed by atoms with Crippen LogP contribution in [-0.2, 0) is 10.8 Å². The molecule has 22 heavy (non-hydrogen) atoms. The van der Waals surface area contributed by atoms with Crippen molar-refractivity contribution in [2.75, 3.05) is 0 Å². The molecule has 1 nitrogen and oxygen atoms in total. The molecule has 1 aromatic rings. The lowest BCUT2D eigenvalue weighted by molar-refractivity contribution is 0.448. The Morgan fingerprint density at radius 1 is 0.818 bits per heavy atom. The maximum atomic E-state index is 11.1.